The molecule has 0 spiro atoms. The quantitative estimate of drug-likeness (QED) is 0.199. The van der Waals surface area contributed by atoms with Crippen molar-refractivity contribution in [1.82, 2.24) is 18.7 Å². The van der Waals surface area contributed by atoms with Gasteiger partial charge in [-0.2, -0.15) is 21.6 Å². The van der Waals surface area contributed by atoms with Crippen molar-refractivity contribution in [2.45, 2.75) is 24.0 Å². The van der Waals surface area contributed by atoms with E-state index in [1.807, 2.05) is 0 Å². The van der Waals surface area contributed by atoms with Gasteiger partial charge in [-0.1, -0.05) is 10.5 Å². The van der Waals surface area contributed by atoms with Crippen LogP contribution in [0, 0.1) is 0 Å². The van der Waals surface area contributed by atoms with E-state index < -0.39 is 38.6 Å². The minimum Gasteiger partial charge on any atom is -0.493 e. The Hall–Kier alpha value is -4.51. The molecule has 0 bridgehead atoms. The molecule has 0 saturated heterocycles. The Kier molecular flexibility index (Phi) is 8.53. The van der Waals surface area contributed by atoms with E-state index in [-0.39, 0.29) is 27.0 Å². The second-order valence-corrected chi connectivity index (χ2v) is 10.8. The molecule has 0 aliphatic carbocycles. The molecule has 2 aromatic carbocycles. The molecule has 4 aromatic rings. The van der Waals surface area contributed by atoms with Gasteiger partial charge in [-0.3, -0.25) is 9.13 Å². The number of ether oxygens (including phenoxy) is 2. The van der Waals surface area contributed by atoms with E-state index >= 15 is 0 Å². The fraction of sp³-hybridized carbons (Fsp3) is 0.320. The van der Waals surface area contributed by atoms with Crippen molar-refractivity contribution in [2.24, 2.45) is 26.9 Å². The zero-order valence-corrected chi connectivity index (χ0v) is 23.5. The van der Waals surface area contributed by atoms with E-state index in [1.165, 1.54) is 48.5 Å². The Morgan fingerprint density at radius 2 is 1.71 bits per heavy atom. The Bertz CT molecular complexity index is 1780. The summed E-state index contributed by atoms with van der Waals surface area (Å²) in [5.41, 5.74) is 4.68. The first kappa shape index (κ1) is 30.4. The van der Waals surface area contributed by atoms with Crippen LogP contribution in [-0.2, 0) is 40.8 Å². The number of sulfonamides is 1. The predicted octanol–water partition coefficient (Wildman–Crippen LogP) is 2.74. The topological polar surface area (TPSA) is 153 Å². The van der Waals surface area contributed by atoms with Crippen molar-refractivity contribution in [3.8, 4) is 17.2 Å². The van der Waals surface area contributed by atoms with Crippen molar-refractivity contribution in [3.05, 3.63) is 59.4 Å². The van der Waals surface area contributed by atoms with Crippen LogP contribution in [0.5, 0.6) is 17.2 Å². The van der Waals surface area contributed by atoms with Crippen LogP contribution in [0.2, 0.25) is 0 Å². The number of fused-ring (bicyclic) bond motifs is 1. The van der Waals surface area contributed by atoms with Crippen LogP contribution in [0.1, 0.15) is 12.8 Å². The summed E-state index contributed by atoms with van der Waals surface area (Å²) in [6, 6.07) is 8.48. The van der Waals surface area contributed by atoms with Gasteiger partial charge < -0.3 is 24.6 Å². The van der Waals surface area contributed by atoms with Gasteiger partial charge in [0.15, 0.2) is 10.8 Å². The number of carbonyl (C=O) groups excluding carboxylic acids is 1. The third-order valence-corrected chi connectivity index (χ3v) is 7.46. The first-order valence-corrected chi connectivity index (χ1v) is 13.8. The molecule has 4 rings (SSSR count). The Labute approximate surface area is 237 Å². The molecule has 0 amide bonds. The number of aryl methyl sites for hydroxylation is 3. The molecule has 0 radical (unpaired) electrons. The van der Waals surface area contributed by atoms with E-state index in [4.69, 9.17) is 15.2 Å². The van der Waals surface area contributed by atoms with Gasteiger partial charge in [0.25, 0.3) is 0 Å². The maximum Gasteiger partial charge on any atom is 0.493 e. The Morgan fingerprint density at radius 1 is 1.05 bits per heavy atom. The van der Waals surface area contributed by atoms with Crippen LogP contribution in [-0.4, -0.2) is 52.4 Å². The number of alkyl halides is 3. The zero-order chi connectivity index (χ0) is 30.8. The third kappa shape index (κ3) is 6.20. The van der Waals surface area contributed by atoms with Gasteiger partial charge >= 0.3 is 27.9 Å². The summed E-state index contributed by atoms with van der Waals surface area (Å²) < 4.78 is 82.1. The molecular weight excluding hydrogens is 585 g/mol. The van der Waals surface area contributed by atoms with Crippen LogP contribution in [0.3, 0.4) is 0 Å². The summed E-state index contributed by atoms with van der Waals surface area (Å²) in [5.74, 6) is -2.69. The Morgan fingerprint density at radius 3 is 2.33 bits per heavy atom. The smallest absolute Gasteiger partial charge is 0.493 e. The van der Waals surface area contributed by atoms with Crippen molar-refractivity contribution < 1.29 is 40.7 Å². The van der Waals surface area contributed by atoms with Crippen LogP contribution in [0.25, 0.3) is 11.0 Å². The Balaban J connectivity index is 1.89. The first-order chi connectivity index (χ1) is 19.7. The van der Waals surface area contributed by atoms with Gasteiger partial charge in [0.2, 0.25) is 0 Å². The number of rotatable bonds is 11. The van der Waals surface area contributed by atoms with Crippen LogP contribution in [0.4, 0.5) is 18.9 Å². The van der Waals surface area contributed by atoms with Gasteiger partial charge in [-0.25, -0.2) is 14.6 Å². The molecule has 2 aromatic heterocycles. The molecule has 17 heteroatoms. The zero-order valence-electron chi connectivity index (χ0n) is 22.7. The second kappa shape index (κ2) is 11.8. The minimum atomic E-state index is -5.56. The number of halogens is 3. The van der Waals surface area contributed by atoms with E-state index in [2.05, 4.69) is 9.82 Å². The summed E-state index contributed by atoms with van der Waals surface area (Å²) >= 11 is 0. The maximum atomic E-state index is 13.6. The van der Waals surface area contributed by atoms with Crippen molar-refractivity contribution in [3.63, 3.8) is 0 Å². The number of hydrogen-bond acceptors (Lipinski definition) is 9. The number of imidazole rings is 2. The predicted molar refractivity (Wildman–Crippen MR) is 143 cm³/mol. The maximum absolute atomic E-state index is 13.6. The third-order valence-electron chi connectivity index (χ3n) is 6.01. The highest BCUT2D eigenvalue weighted by Crippen LogP contribution is 2.40. The molecule has 0 aliphatic rings. The van der Waals surface area contributed by atoms with E-state index in [0.29, 0.717) is 25.3 Å². The average Bonchev–Trinajstić information content (AvgIpc) is 3.47. The molecule has 0 saturated carbocycles. The normalized spacial score (nSPS) is 12.0. The first-order valence-electron chi connectivity index (χ1n) is 12.4. The molecule has 226 valence electrons. The van der Waals surface area contributed by atoms with Crippen molar-refractivity contribution >= 4 is 32.7 Å². The molecule has 42 heavy (non-hydrogen) atoms. The largest absolute Gasteiger partial charge is 0.493 e. The molecule has 0 fully saturated rings. The number of nitrogens with zero attached hydrogens (tertiary/aromatic N) is 5. The van der Waals surface area contributed by atoms with E-state index in [0.717, 1.165) is 29.6 Å². The van der Waals surface area contributed by atoms with Crippen molar-refractivity contribution in [2.75, 3.05) is 17.6 Å². The highest BCUT2D eigenvalue weighted by atomic mass is 32.2. The van der Waals surface area contributed by atoms with Gasteiger partial charge in [-0.05, 0) is 37.6 Å². The standard InChI is InChI=1S/C25H27F3N6O7S/c1-31-14-22(30-15-31)42(37,38)34(41-23(35)25(26,27)28)20-12-18-19(33(3)24(36)32(18)2)13-21(20)40-17-8-6-7-16(11-17)39-10-5-4-9-29/h6-8,11-15H,4-5,9-10,29H2,1-3H3. The SMILES string of the molecule is Cn1cnc(S(=O)(=O)N(OC(=O)C(F)(F)F)c2cc3c(cc2Oc2cccc(OCCCCN)c2)n(C)c(=O)n3C)c1. The number of aromatic nitrogens is 4. The minimum absolute atomic E-state index is 0.102. The van der Waals surface area contributed by atoms with Crippen molar-refractivity contribution in [1.29, 1.82) is 0 Å². The lowest BCUT2D eigenvalue weighted by molar-refractivity contribution is -0.199. The number of carbonyl (C=O) groups is 1. The van der Waals surface area contributed by atoms with Gasteiger partial charge in [-0.15, -0.1) is 0 Å². The highest BCUT2D eigenvalue weighted by molar-refractivity contribution is 7.92. The second-order valence-electron chi connectivity index (χ2n) is 9.12. The molecule has 13 nitrogen and oxygen atoms in total. The summed E-state index contributed by atoms with van der Waals surface area (Å²) in [6.45, 7) is 0.851. The lowest BCUT2D eigenvalue weighted by atomic mass is 10.2. The molecule has 2 heterocycles. The average molecular weight is 613 g/mol. The molecule has 0 aliphatic heterocycles. The van der Waals surface area contributed by atoms with E-state index in [1.54, 1.807) is 12.1 Å². The number of hydrogen-bond donors (Lipinski definition) is 1. The number of benzene rings is 2. The summed E-state index contributed by atoms with van der Waals surface area (Å²) in [7, 11) is -0.815. The molecule has 2 N–H and O–H groups in total. The fourth-order valence-corrected chi connectivity index (χ4v) is 5.11. The number of anilines is 1. The molecule has 0 atom stereocenters. The van der Waals surface area contributed by atoms with Gasteiger partial charge in [0, 0.05) is 39.5 Å². The van der Waals surface area contributed by atoms with Crippen LogP contribution in [0.15, 0.2) is 58.7 Å². The summed E-state index contributed by atoms with van der Waals surface area (Å²) in [4.78, 5) is 32.8. The lowest BCUT2D eigenvalue weighted by Crippen LogP contribution is -2.39. The van der Waals surface area contributed by atoms with Crippen LogP contribution < -0.4 is 25.4 Å². The van der Waals surface area contributed by atoms with Gasteiger partial charge in [0.1, 0.15) is 17.2 Å². The number of unbranched alkanes of at least 4 members (excludes halogenated alkanes) is 1. The fourth-order valence-electron chi connectivity index (χ4n) is 3.89. The molecular formula is C25H27F3N6O7S. The summed E-state index contributed by atoms with van der Waals surface area (Å²) in [5, 5.41) is -0.721. The van der Waals surface area contributed by atoms with E-state index in [9.17, 15) is 31.2 Å². The molecule has 0 unspecified atom stereocenters. The monoisotopic (exact) mass is 612 g/mol. The van der Waals surface area contributed by atoms with Gasteiger partial charge in [0.05, 0.1) is 24.0 Å². The highest BCUT2D eigenvalue weighted by Gasteiger charge is 2.46. The van der Waals surface area contributed by atoms with Crippen LogP contribution >= 0.6 is 0 Å². The summed E-state index contributed by atoms with van der Waals surface area (Å²) in [6.07, 6.45) is -2.02. The number of nitrogens with two attached hydrogens (primary N) is 1. The lowest BCUT2D eigenvalue weighted by Gasteiger charge is -2.24.